The zero-order valence-electron chi connectivity index (χ0n) is 12.0. The molecule has 0 saturated heterocycles. The van der Waals surface area contributed by atoms with Crippen molar-refractivity contribution < 1.29 is 4.74 Å². The lowest BCUT2D eigenvalue weighted by Gasteiger charge is -2.29. The fourth-order valence-electron chi connectivity index (χ4n) is 3.02. The van der Waals surface area contributed by atoms with Crippen LogP contribution in [-0.4, -0.2) is 17.6 Å². The van der Waals surface area contributed by atoms with Gasteiger partial charge in [0.1, 0.15) is 5.75 Å². The third-order valence-corrected chi connectivity index (χ3v) is 4.12. The van der Waals surface area contributed by atoms with Gasteiger partial charge in [0.2, 0.25) is 0 Å². The number of hydrogen-bond acceptors (Lipinski definition) is 4. The van der Waals surface area contributed by atoms with E-state index < -0.39 is 0 Å². The Kier molecular flexibility index (Phi) is 4.48. The third-order valence-electron chi connectivity index (χ3n) is 4.12. The summed E-state index contributed by atoms with van der Waals surface area (Å²) in [6.07, 6.45) is 6.63. The summed E-state index contributed by atoms with van der Waals surface area (Å²) in [5.74, 6) is 7.28. The first-order chi connectivity index (χ1) is 10.4. The van der Waals surface area contributed by atoms with Gasteiger partial charge in [-0.1, -0.05) is 18.2 Å². The molecule has 4 heteroatoms. The molecular formula is C17H21N3O. The van der Waals surface area contributed by atoms with Crippen molar-refractivity contribution in [3.05, 3.63) is 59.9 Å². The summed E-state index contributed by atoms with van der Waals surface area (Å²) >= 11 is 0. The molecule has 0 fully saturated rings. The predicted molar refractivity (Wildman–Crippen MR) is 83.0 cm³/mol. The third kappa shape index (κ3) is 3.40. The van der Waals surface area contributed by atoms with E-state index in [2.05, 4.69) is 28.6 Å². The Morgan fingerprint density at radius 2 is 2.05 bits per heavy atom. The molecule has 21 heavy (non-hydrogen) atoms. The number of fused-ring (bicyclic) bond motifs is 1. The molecule has 2 atom stereocenters. The van der Waals surface area contributed by atoms with Crippen LogP contribution in [0.1, 0.15) is 29.9 Å². The number of ether oxygens (including phenoxy) is 1. The summed E-state index contributed by atoms with van der Waals surface area (Å²) in [6.45, 7) is 0.786. The van der Waals surface area contributed by atoms with Crippen LogP contribution in [0.25, 0.3) is 0 Å². The second-order valence-corrected chi connectivity index (χ2v) is 5.53. The van der Waals surface area contributed by atoms with Crippen LogP contribution in [0.3, 0.4) is 0 Å². The minimum atomic E-state index is 0.253. The maximum atomic E-state index is 5.76. The van der Waals surface area contributed by atoms with Crippen molar-refractivity contribution in [1.82, 2.24) is 10.4 Å². The fourth-order valence-corrected chi connectivity index (χ4v) is 3.02. The summed E-state index contributed by atoms with van der Waals surface area (Å²) in [6, 6.07) is 12.7. The van der Waals surface area contributed by atoms with E-state index in [4.69, 9.17) is 10.6 Å². The molecule has 2 unspecified atom stereocenters. The molecule has 1 aliphatic heterocycles. The number of benzene rings is 1. The Hall–Kier alpha value is -1.91. The number of nitrogens with two attached hydrogens (primary N) is 1. The zero-order valence-corrected chi connectivity index (χ0v) is 12.0. The highest BCUT2D eigenvalue weighted by Crippen LogP contribution is 2.36. The minimum absolute atomic E-state index is 0.253. The number of rotatable bonds is 5. The Bertz CT molecular complexity index is 573. The Morgan fingerprint density at radius 3 is 2.86 bits per heavy atom. The zero-order chi connectivity index (χ0) is 14.5. The van der Waals surface area contributed by atoms with Gasteiger partial charge in [0.25, 0.3) is 0 Å². The second kappa shape index (κ2) is 6.70. The number of nitrogens with zero attached hydrogens (tertiary/aromatic N) is 1. The highest BCUT2D eigenvalue weighted by molar-refractivity contribution is 5.37. The van der Waals surface area contributed by atoms with E-state index in [1.807, 2.05) is 30.6 Å². The molecule has 0 radical (unpaired) electrons. The van der Waals surface area contributed by atoms with Gasteiger partial charge in [-0.15, -0.1) is 0 Å². The van der Waals surface area contributed by atoms with Crippen LogP contribution < -0.4 is 16.0 Å². The van der Waals surface area contributed by atoms with E-state index in [1.165, 1.54) is 11.1 Å². The largest absolute Gasteiger partial charge is 0.493 e. The standard InChI is InChI=1S/C17H21N3O/c18-20-15(11-13-5-8-19-9-6-13)12-14-7-10-21-17-4-2-1-3-16(14)17/h1-6,8-9,14-15,20H,7,10-12,18H2. The molecule has 2 aromatic rings. The van der Waals surface area contributed by atoms with Gasteiger partial charge >= 0.3 is 0 Å². The van der Waals surface area contributed by atoms with Crippen molar-refractivity contribution in [2.45, 2.75) is 31.2 Å². The van der Waals surface area contributed by atoms with Gasteiger partial charge in [-0.3, -0.25) is 16.3 Å². The van der Waals surface area contributed by atoms with Crippen molar-refractivity contribution in [1.29, 1.82) is 0 Å². The molecule has 0 aliphatic carbocycles. The van der Waals surface area contributed by atoms with Crippen LogP contribution in [0.4, 0.5) is 0 Å². The number of pyridine rings is 1. The lowest BCUT2D eigenvalue weighted by molar-refractivity contribution is 0.254. The van der Waals surface area contributed by atoms with E-state index in [-0.39, 0.29) is 6.04 Å². The Labute approximate surface area is 125 Å². The molecule has 1 aromatic carbocycles. The van der Waals surface area contributed by atoms with Gasteiger partial charge in [0.05, 0.1) is 6.61 Å². The highest BCUT2D eigenvalue weighted by Gasteiger charge is 2.24. The van der Waals surface area contributed by atoms with Crippen LogP contribution in [0, 0.1) is 0 Å². The first-order valence-corrected chi connectivity index (χ1v) is 7.43. The lowest BCUT2D eigenvalue weighted by atomic mass is 9.86. The van der Waals surface area contributed by atoms with Crippen molar-refractivity contribution in [2.75, 3.05) is 6.61 Å². The van der Waals surface area contributed by atoms with Gasteiger partial charge in [-0.05, 0) is 54.5 Å². The maximum absolute atomic E-state index is 5.76. The first kappa shape index (κ1) is 14.0. The summed E-state index contributed by atoms with van der Waals surface area (Å²) in [4.78, 5) is 4.06. The number of hydrazine groups is 1. The average Bonchev–Trinajstić information content (AvgIpc) is 2.55. The summed E-state index contributed by atoms with van der Waals surface area (Å²) in [7, 11) is 0. The van der Waals surface area contributed by atoms with Crippen LogP contribution in [-0.2, 0) is 6.42 Å². The molecule has 0 spiro atoms. The minimum Gasteiger partial charge on any atom is -0.493 e. The van der Waals surface area contributed by atoms with Gasteiger partial charge < -0.3 is 4.74 Å². The number of para-hydroxylation sites is 1. The van der Waals surface area contributed by atoms with Crippen molar-refractivity contribution in [3.63, 3.8) is 0 Å². The molecule has 1 aliphatic rings. The quantitative estimate of drug-likeness (QED) is 0.653. The topological polar surface area (TPSA) is 60.2 Å². The number of aromatic nitrogens is 1. The molecule has 4 nitrogen and oxygen atoms in total. The molecule has 0 saturated carbocycles. The molecule has 2 heterocycles. The van der Waals surface area contributed by atoms with E-state index in [0.717, 1.165) is 31.6 Å². The van der Waals surface area contributed by atoms with Crippen molar-refractivity contribution in [3.8, 4) is 5.75 Å². The first-order valence-electron chi connectivity index (χ1n) is 7.43. The van der Waals surface area contributed by atoms with E-state index >= 15 is 0 Å². The normalized spacial score (nSPS) is 18.6. The van der Waals surface area contributed by atoms with Gasteiger partial charge in [-0.25, -0.2) is 0 Å². The smallest absolute Gasteiger partial charge is 0.122 e. The molecule has 0 amide bonds. The van der Waals surface area contributed by atoms with Gasteiger partial charge in [0.15, 0.2) is 0 Å². The van der Waals surface area contributed by atoms with E-state index in [1.54, 1.807) is 0 Å². The summed E-state index contributed by atoms with van der Waals surface area (Å²) < 4.78 is 5.73. The Balaban J connectivity index is 1.70. The van der Waals surface area contributed by atoms with Gasteiger partial charge in [-0.2, -0.15) is 0 Å². The van der Waals surface area contributed by atoms with Crippen molar-refractivity contribution >= 4 is 0 Å². The van der Waals surface area contributed by atoms with Crippen LogP contribution in [0.2, 0.25) is 0 Å². The van der Waals surface area contributed by atoms with Crippen molar-refractivity contribution in [2.24, 2.45) is 5.84 Å². The molecule has 3 N–H and O–H groups in total. The van der Waals surface area contributed by atoms with E-state index in [9.17, 15) is 0 Å². The second-order valence-electron chi connectivity index (χ2n) is 5.53. The maximum Gasteiger partial charge on any atom is 0.122 e. The number of hydrogen-bond donors (Lipinski definition) is 2. The van der Waals surface area contributed by atoms with E-state index in [0.29, 0.717) is 5.92 Å². The van der Waals surface area contributed by atoms with Gasteiger partial charge in [0, 0.05) is 18.4 Å². The summed E-state index contributed by atoms with van der Waals surface area (Å²) in [5, 5.41) is 0. The molecule has 1 aromatic heterocycles. The SMILES string of the molecule is NNC(Cc1ccncc1)CC1CCOc2ccccc21. The molecule has 3 rings (SSSR count). The predicted octanol–water partition coefficient (Wildman–Crippen LogP) is 2.41. The monoisotopic (exact) mass is 283 g/mol. The summed E-state index contributed by atoms with van der Waals surface area (Å²) in [5.41, 5.74) is 5.53. The molecule has 110 valence electrons. The molecule has 0 bridgehead atoms. The highest BCUT2D eigenvalue weighted by atomic mass is 16.5. The number of nitrogens with one attached hydrogen (secondary N) is 1. The fraction of sp³-hybridized carbons (Fsp3) is 0.353. The Morgan fingerprint density at radius 1 is 1.24 bits per heavy atom. The van der Waals surface area contributed by atoms with Crippen LogP contribution in [0.15, 0.2) is 48.8 Å². The lowest BCUT2D eigenvalue weighted by Crippen LogP contribution is -2.38. The molecular weight excluding hydrogens is 262 g/mol. The van der Waals surface area contributed by atoms with Crippen LogP contribution in [0.5, 0.6) is 5.75 Å². The average molecular weight is 283 g/mol. The van der Waals surface area contributed by atoms with Crippen LogP contribution >= 0.6 is 0 Å².